The lowest BCUT2D eigenvalue weighted by Gasteiger charge is -2.38. The SMILES string of the molecule is CN1c2ccccc2N(c2cc3c(-c4ccccn4)cccc3n2C)c2cc(-c3cccc4c3ncn4C)ccc21. The average Bonchev–Trinajstić information content (AvgIpc) is 3.57. The Morgan fingerprint density at radius 3 is 2.17 bits per heavy atom. The number of pyridine rings is 1. The maximum Gasteiger partial charge on any atom is 0.118 e. The number of benzene rings is 4. The first-order valence-corrected chi connectivity index (χ1v) is 13.8. The molecule has 0 fully saturated rings. The number of anilines is 5. The Kier molecular flexibility index (Phi) is 5.06. The van der Waals surface area contributed by atoms with E-state index in [9.17, 15) is 0 Å². The molecule has 6 heteroatoms. The molecule has 6 nitrogen and oxygen atoms in total. The van der Waals surface area contributed by atoms with Crippen molar-refractivity contribution in [2.75, 3.05) is 16.8 Å². The van der Waals surface area contributed by atoms with Crippen LogP contribution in [-0.2, 0) is 14.1 Å². The zero-order chi connectivity index (χ0) is 27.7. The molecular weight excluding hydrogens is 504 g/mol. The van der Waals surface area contributed by atoms with Crippen molar-refractivity contribution in [3.63, 3.8) is 0 Å². The second-order valence-electron chi connectivity index (χ2n) is 10.6. The Labute approximate surface area is 238 Å². The van der Waals surface area contributed by atoms with Crippen molar-refractivity contribution < 1.29 is 0 Å². The van der Waals surface area contributed by atoms with Gasteiger partial charge < -0.3 is 14.0 Å². The van der Waals surface area contributed by atoms with Gasteiger partial charge in [0.05, 0.1) is 51.3 Å². The molecule has 0 aliphatic carbocycles. The minimum atomic E-state index is 0.972. The normalized spacial score (nSPS) is 12.7. The molecule has 1 aliphatic rings. The van der Waals surface area contributed by atoms with Gasteiger partial charge in [-0.25, -0.2) is 4.98 Å². The van der Waals surface area contributed by atoms with Crippen molar-refractivity contribution in [3.05, 3.63) is 116 Å². The minimum absolute atomic E-state index is 0.972. The number of hydrogen-bond donors (Lipinski definition) is 0. The second kappa shape index (κ2) is 8.83. The number of fused-ring (bicyclic) bond motifs is 4. The van der Waals surface area contributed by atoms with Crippen LogP contribution in [0.3, 0.4) is 0 Å². The summed E-state index contributed by atoms with van der Waals surface area (Å²) < 4.78 is 4.36. The van der Waals surface area contributed by atoms with Gasteiger partial charge in [-0.05, 0) is 60.2 Å². The number of nitrogens with zero attached hydrogens (tertiary/aromatic N) is 6. The van der Waals surface area contributed by atoms with Crippen LogP contribution in [-0.4, -0.2) is 26.1 Å². The molecule has 0 atom stereocenters. The first-order valence-electron chi connectivity index (χ1n) is 13.8. The van der Waals surface area contributed by atoms with E-state index in [0.717, 1.165) is 67.5 Å². The van der Waals surface area contributed by atoms with Crippen molar-refractivity contribution in [2.24, 2.45) is 14.1 Å². The van der Waals surface area contributed by atoms with E-state index in [-0.39, 0.29) is 0 Å². The van der Waals surface area contributed by atoms with E-state index in [1.807, 2.05) is 31.7 Å². The van der Waals surface area contributed by atoms with Crippen molar-refractivity contribution in [1.29, 1.82) is 0 Å². The molecule has 0 N–H and O–H groups in total. The molecule has 4 heterocycles. The molecule has 41 heavy (non-hydrogen) atoms. The van der Waals surface area contributed by atoms with E-state index < -0.39 is 0 Å². The van der Waals surface area contributed by atoms with E-state index in [0.29, 0.717) is 0 Å². The molecule has 7 aromatic rings. The number of para-hydroxylation sites is 3. The van der Waals surface area contributed by atoms with Gasteiger partial charge in [0.15, 0.2) is 0 Å². The maximum atomic E-state index is 4.75. The summed E-state index contributed by atoms with van der Waals surface area (Å²) in [5.74, 6) is 1.10. The molecule has 4 aromatic carbocycles. The topological polar surface area (TPSA) is 42.1 Å². The molecule has 0 saturated carbocycles. The Hall–Kier alpha value is -5.36. The number of rotatable bonds is 3. The highest BCUT2D eigenvalue weighted by Crippen LogP contribution is 2.52. The van der Waals surface area contributed by atoms with Gasteiger partial charge in [0.2, 0.25) is 0 Å². The predicted molar refractivity (Wildman–Crippen MR) is 169 cm³/mol. The summed E-state index contributed by atoms with van der Waals surface area (Å²) in [5.41, 5.74) is 12.2. The second-order valence-corrected chi connectivity index (χ2v) is 10.6. The zero-order valence-electron chi connectivity index (χ0n) is 23.2. The lowest BCUT2D eigenvalue weighted by molar-refractivity contribution is 0.942. The number of aromatic nitrogens is 4. The van der Waals surface area contributed by atoms with Gasteiger partial charge in [-0.3, -0.25) is 9.88 Å². The van der Waals surface area contributed by atoms with Gasteiger partial charge in [-0.15, -0.1) is 0 Å². The van der Waals surface area contributed by atoms with Crippen LogP contribution in [0.25, 0.3) is 44.3 Å². The van der Waals surface area contributed by atoms with E-state index >= 15 is 0 Å². The molecule has 0 saturated heterocycles. The Bertz CT molecular complexity index is 2100. The van der Waals surface area contributed by atoms with E-state index in [4.69, 9.17) is 4.98 Å². The first-order chi connectivity index (χ1) is 20.1. The summed E-state index contributed by atoms with van der Waals surface area (Å²) in [6.07, 6.45) is 3.74. The lowest BCUT2D eigenvalue weighted by atomic mass is 10.00. The Balaban J connectivity index is 1.38. The number of imidazole rings is 1. The molecule has 1 aliphatic heterocycles. The largest absolute Gasteiger partial charge is 0.341 e. The van der Waals surface area contributed by atoms with Crippen molar-refractivity contribution in [3.8, 4) is 22.4 Å². The summed E-state index contributed by atoms with van der Waals surface area (Å²) in [4.78, 5) is 14.1. The zero-order valence-corrected chi connectivity index (χ0v) is 23.2. The summed E-state index contributed by atoms with van der Waals surface area (Å²) in [6, 6.07) is 36.6. The average molecular weight is 533 g/mol. The van der Waals surface area contributed by atoms with Crippen molar-refractivity contribution in [1.82, 2.24) is 19.1 Å². The molecule has 0 amide bonds. The molecule has 8 rings (SSSR count). The van der Waals surface area contributed by atoms with Crippen LogP contribution in [0.5, 0.6) is 0 Å². The van der Waals surface area contributed by atoms with E-state index in [1.54, 1.807) is 0 Å². The summed E-state index contributed by atoms with van der Waals surface area (Å²) in [7, 11) is 6.34. The molecule has 3 aromatic heterocycles. The summed E-state index contributed by atoms with van der Waals surface area (Å²) in [5, 5.41) is 1.18. The third-order valence-corrected chi connectivity index (χ3v) is 8.36. The van der Waals surface area contributed by atoms with E-state index in [1.165, 1.54) is 5.39 Å². The summed E-state index contributed by atoms with van der Waals surface area (Å²) >= 11 is 0. The fourth-order valence-corrected chi connectivity index (χ4v) is 6.29. The molecule has 0 radical (unpaired) electrons. The monoisotopic (exact) mass is 532 g/mol. The van der Waals surface area contributed by atoms with Gasteiger partial charge in [0, 0.05) is 43.9 Å². The van der Waals surface area contributed by atoms with Gasteiger partial charge >= 0.3 is 0 Å². The third-order valence-electron chi connectivity index (χ3n) is 8.36. The van der Waals surface area contributed by atoms with Gasteiger partial charge in [0.25, 0.3) is 0 Å². The van der Waals surface area contributed by atoms with Crippen LogP contribution >= 0.6 is 0 Å². The third kappa shape index (κ3) is 3.44. The maximum absolute atomic E-state index is 4.75. The number of aryl methyl sites for hydroxylation is 2. The number of hydrogen-bond acceptors (Lipinski definition) is 4. The standard InChI is InChI=1S/C35H28N6/c1-38-22-37-35-24(10-8-16-32(35)38)23-17-18-30-33(20-23)41(31-14-5-4-13-29(31)39(30)2)34-21-26-25(27-12-6-7-19-36-27)11-9-15-28(26)40(34)3/h4-22H,1-3H3. The smallest absolute Gasteiger partial charge is 0.118 e. The highest BCUT2D eigenvalue weighted by atomic mass is 15.3. The van der Waals surface area contributed by atoms with Crippen LogP contribution in [0.4, 0.5) is 28.6 Å². The molecule has 0 unspecified atom stereocenters. The summed E-state index contributed by atoms with van der Waals surface area (Å²) in [6.45, 7) is 0. The van der Waals surface area contributed by atoms with Gasteiger partial charge in [-0.2, -0.15) is 0 Å². The Morgan fingerprint density at radius 2 is 1.34 bits per heavy atom. The Morgan fingerprint density at radius 1 is 0.585 bits per heavy atom. The highest BCUT2D eigenvalue weighted by molar-refractivity contribution is 6.04. The first kappa shape index (κ1) is 23.5. The van der Waals surface area contributed by atoms with Gasteiger partial charge in [-0.1, -0.05) is 48.5 Å². The van der Waals surface area contributed by atoms with Crippen LogP contribution in [0.1, 0.15) is 0 Å². The van der Waals surface area contributed by atoms with E-state index in [2.05, 4.69) is 129 Å². The van der Waals surface area contributed by atoms with Gasteiger partial charge in [0.1, 0.15) is 5.82 Å². The fraction of sp³-hybridized carbons (Fsp3) is 0.0857. The molecular formula is C35H28N6. The minimum Gasteiger partial charge on any atom is -0.341 e. The van der Waals surface area contributed by atoms with Crippen molar-refractivity contribution in [2.45, 2.75) is 0 Å². The molecule has 0 bridgehead atoms. The molecule has 198 valence electrons. The molecule has 0 spiro atoms. The lowest BCUT2D eigenvalue weighted by Crippen LogP contribution is -2.25. The highest BCUT2D eigenvalue weighted by Gasteiger charge is 2.30. The van der Waals surface area contributed by atoms with Crippen LogP contribution in [0.2, 0.25) is 0 Å². The van der Waals surface area contributed by atoms with Crippen LogP contribution < -0.4 is 9.80 Å². The van der Waals surface area contributed by atoms with Crippen LogP contribution in [0, 0.1) is 0 Å². The fourth-order valence-electron chi connectivity index (χ4n) is 6.29. The predicted octanol–water partition coefficient (Wildman–Crippen LogP) is 8.35. The van der Waals surface area contributed by atoms with Crippen molar-refractivity contribution >= 4 is 50.5 Å². The quantitative estimate of drug-likeness (QED) is 0.229. The van der Waals surface area contributed by atoms with Crippen LogP contribution in [0.15, 0.2) is 116 Å².